The third-order valence-electron chi connectivity index (χ3n) is 17.1. The monoisotopic (exact) mass is 1450 g/mol. The lowest BCUT2D eigenvalue weighted by Crippen LogP contribution is -2.40. The van der Waals surface area contributed by atoms with Crippen LogP contribution >= 0.6 is 0 Å². The van der Waals surface area contributed by atoms with Crippen LogP contribution in [0.3, 0.4) is 0 Å². The number of imide groups is 3. The molecule has 4 aliphatic carbocycles. The van der Waals surface area contributed by atoms with E-state index >= 15 is 0 Å². The average molecular weight is 1450 g/mol. The quantitative estimate of drug-likeness (QED) is 0.0199. The Labute approximate surface area is 594 Å². The molecule has 7 aliphatic rings. The van der Waals surface area contributed by atoms with Gasteiger partial charge in [0, 0.05) is 74.9 Å². The minimum atomic E-state index is -1.20. The van der Waals surface area contributed by atoms with Crippen molar-refractivity contribution < 1.29 is 120 Å². The lowest BCUT2D eigenvalue weighted by molar-refractivity contribution is -0.385. The third-order valence-corrected chi connectivity index (χ3v) is 17.1. The summed E-state index contributed by atoms with van der Waals surface area (Å²) in [6.07, 6.45) is 21.8. The van der Waals surface area contributed by atoms with Gasteiger partial charge in [-0.15, -0.1) is 5.06 Å². The fraction of sp³-hybridized carbons (Fsp3) is 0.457. The van der Waals surface area contributed by atoms with Crippen molar-refractivity contribution in [3.63, 3.8) is 0 Å². The van der Waals surface area contributed by atoms with E-state index in [0.717, 1.165) is 64.2 Å². The van der Waals surface area contributed by atoms with Gasteiger partial charge in [-0.05, 0) is 177 Å². The van der Waals surface area contributed by atoms with Gasteiger partial charge in [-0.2, -0.15) is 0 Å². The van der Waals surface area contributed by atoms with Crippen LogP contribution in [0, 0.1) is 41.2 Å². The first-order valence-corrected chi connectivity index (χ1v) is 33.6. The Balaban J connectivity index is 0.000000199. The lowest BCUT2D eigenvalue weighted by Gasteiger charge is -2.30. The average Bonchev–Trinajstić information content (AvgIpc) is 1.38. The minimum Gasteiger partial charge on any atom is -0.426 e. The van der Waals surface area contributed by atoms with E-state index in [4.69, 9.17) is 38.0 Å². The van der Waals surface area contributed by atoms with Gasteiger partial charge in [0.1, 0.15) is 41.7 Å². The van der Waals surface area contributed by atoms with Crippen LogP contribution in [0.2, 0.25) is 0 Å². The van der Waals surface area contributed by atoms with Crippen LogP contribution in [-0.2, 0) is 71.8 Å². The molecule has 0 N–H and O–H groups in total. The maximum Gasteiger partial charge on any atom is 0.534 e. The highest BCUT2D eigenvalue weighted by Gasteiger charge is 2.43. The van der Waals surface area contributed by atoms with Crippen molar-refractivity contribution in [2.24, 2.45) is 10.8 Å². The SMILES string of the molecule is CC1(C(=O)ON2C(=O)CCC2=O)CC/C=C/C(OC(=O)ON2C(=O)CCC2=O)CC1.CC1(C(=O)Oc2ccc([N+](=O)[O-])cc2)CC/C=C/C(OC(=O)Oc2ccc([N+](=O)[O-])cc2)CC1.O=C(OC1/C=C/CCCCC1)ON1C(=O)CCC1=O.O=C(Oc1ccc([N+](=O)[O-])cc1)OC1/C=C/CCCCC1. The van der Waals surface area contributed by atoms with E-state index in [2.05, 4.69) is 9.68 Å². The van der Waals surface area contributed by atoms with Crippen LogP contribution in [0.1, 0.15) is 168 Å². The van der Waals surface area contributed by atoms with Crippen molar-refractivity contribution in [3.8, 4) is 17.2 Å². The van der Waals surface area contributed by atoms with Crippen LogP contribution in [-0.4, -0.2) is 126 Å². The number of nitro groups is 3. The van der Waals surface area contributed by atoms with E-state index in [1.54, 1.807) is 38.2 Å². The predicted molar refractivity (Wildman–Crippen MR) is 355 cm³/mol. The molecule has 0 spiro atoms. The van der Waals surface area contributed by atoms with Crippen LogP contribution in [0.5, 0.6) is 17.2 Å². The molecule has 6 amide bonds. The summed E-state index contributed by atoms with van der Waals surface area (Å²) in [6.45, 7) is 3.41. The summed E-state index contributed by atoms with van der Waals surface area (Å²) in [5.41, 5.74) is -2.18. The van der Waals surface area contributed by atoms with Gasteiger partial charge in [0.2, 0.25) is 0 Å². The molecule has 0 aromatic heterocycles. The maximum absolute atomic E-state index is 12.9. The van der Waals surface area contributed by atoms with Gasteiger partial charge in [-0.1, -0.05) is 47.3 Å². The number of rotatable bonds is 15. The van der Waals surface area contributed by atoms with Crippen molar-refractivity contribution in [1.82, 2.24) is 15.2 Å². The molecule has 0 bridgehead atoms. The fourth-order valence-electron chi connectivity index (χ4n) is 11.0. The van der Waals surface area contributed by atoms with E-state index in [9.17, 15) is 87.9 Å². The second-order valence-corrected chi connectivity index (χ2v) is 25.0. The number of non-ortho nitro benzene ring substituents is 3. The third kappa shape index (κ3) is 25.1. The Morgan fingerprint density at radius 1 is 0.356 bits per heavy atom. The number of nitro benzene ring substituents is 3. The highest BCUT2D eigenvalue weighted by Crippen LogP contribution is 2.37. The summed E-state index contributed by atoms with van der Waals surface area (Å²) in [6, 6.07) is 15.5. The number of carbonyl (C=O) groups excluding carboxylic acids is 12. The second kappa shape index (κ2) is 38.9. The molecular formula is C70H78N6O28. The molecule has 0 saturated carbocycles. The van der Waals surface area contributed by atoms with Crippen LogP contribution in [0.15, 0.2) is 121 Å². The summed E-state index contributed by atoms with van der Waals surface area (Å²) >= 11 is 0. The van der Waals surface area contributed by atoms with Crippen LogP contribution < -0.4 is 14.2 Å². The van der Waals surface area contributed by atoms with Crippen LogP contribution in [0.25, 0.3) is 0 Å². The molecule has 3 aliphatic heterocycles. The van der Waals surface area contributed by atoms with Gasteiger partial charge in [-0.25, -0.2) is 24.0 Å². The Hall–Kier alpha value is -11.7. The van der Waals surface area contributed by atoms with Gasteiger partial charge in [0.15, 0.2) is 0 Å². The summed E-state index contributed by atoms with van der Waals surface area (Å²) in [5, 5.41) is 33.4. The highest BCUT2D eigenvalue weighted by atomic mass is 16.8. The van der Waals surface area contributed by atoms with Crippen LogP contribution in [0.4, 0.5) is 36.2 Å². The molecule has 3 fully saturated rings. The number of carbonyl (C=O) groups is 12. The first-order chi connectivity index (χ1) is 49.7. The normalized spacial score (nSPS) is 23.7. The molecule has 0 radical (unpaired) electrons. The zero-order valence-electron chi connectivity index (χ0n) is 56.9. The van der Waals surface area contributed by atoms with Gasteiger partial charge >= 0.3 is 36.6 Å². The van der Waals surface area contributed by atoms with Gasteiger partial charge in [0.05, 0.1) is 25.6 Å². The summed E-state index contributed by atoms with van der Waals surface area (Å²) in [4.78, 5) is 187. The number of amides is 6. The molecule has 104 heavy (non-hydrogen) atoms. The summed E-state index contributed by atoms with van der Waals surface area (Å²) in [5.74, 6) is -4.03. The molecular weight excluding hydrogens is 1370 g/mol. The number of hydroxylamine groups is 6. The second-order valence-electron chi connectivity index (χ2n) is 25.0. The largest absolute Gasteiger partial charge is 0.534 e. The predicted octanol–water partition coefficient (Wildman–Crippen LogP) is 12.5. The summed E-state index contributed by atoms with van der Waals surface area (Å²) in [7, 11) is 0. The first kappa shape index (κ1) is 79.6. The van der Waals surface area contributed by atoms with Gasteiger partial charge < -0.3 is 38.0 Å². The number of esters is 1. The smallest absolute Gasteiger partial charge is 0.426 e. The zero-order chi connectivity index (χ0) is 75.3. The molecule has 6 unspecified atom stereocenters. The molecule has 6 atom stereocenters. The minimum absolute atomic E-state index is 0.00557. The molecule has 556 valence electrons. The van der Waals surface area contributed by atoms with E-state index in [-0.39, 0.29) is 97.9 Å². The van der Waals surface area contributed by atoms with E-state index in [1.165, 1.54) is 72.8 Å². The Bertz CT molecular complexity index is 3730. The topological polar surface area (TPSA) is 436 Å². The van der Waals surface area contributed by atoms with E-state index in [0.29, 0.717) is 53.7 Å². The molecule has 3 saturated heterocycles. The van der Waals surface area contributed by atoms with Gasteiger partial charge in [0.25, 0.3) is 52.5 Å². The summed E-state index contributed by atoms with van der Waals surface area (Å²) < 4.78 is 36.3. The molecule has 3 aromatic rings. The molecule has 3 aromatic carbocycles. The van der Waals surface area contributed by atoms with E-state index < -0.39 is 110 Å². The number of ether oxygens (including phenoxy) is 7. The number of allylic oxidation sites excluding steroid dienone is 4. The van der Waals surface area contributed by atoms with Crippen molar-refractivity contribution in [1.29, 1.82) is 0 Å². The number of hydrogen-bond donors (Lipinski definition) is 0. The Morgan fingerprint density at radius 3 is 0.981 bits per heavy atom. The molecule has 10 rings (SSSR count). The number of benzene rings is 3. The zero-order valence-corrected chi connectivity index (χ0v) is 56.9. The fourth-order valence-corrected chi connectivity index (χ4v) is 11.0. The molecule has 34 heteroatoms. The Kier molecular flexibility index (Phi) is 29.8. The van der Waals surface area contributed by atoms with Crippen molar-refractivity contribution in [2.75, 3.05) is 0 Å². The number of hydrogen-bond acceptors (Lipinski definition) is 28. The van der Waals surface area contributed by atoms with Gasteiger partial charge in [-0.3, -0.25) is 73.6 Å². The Morgan fingerprint density at radius 2 is 0.644 bits per heavy atom. The lowest BCUT2D eigenvalue weighted by atomic mass is 9.79. The van der Waals surface area contributed by atoms with E-state index in [1.807, 2.05) is 24.3 Å². The maximum atomic E-state index is 12.9. The number of nitrogens with zero attached hydrogens (tertiary/aromatic N) is 6. The van der Waals surface area contributed by atoms with Crippen molar-refractivity contribution in [2.45, 2.75) is 192 Å². The van der Waals surface area contributed by atoms with Crippen molar-refractivity contribution >= 4 is 89.1 Å². The molecule has 3 heterocycles. The molecule has 34 nitrogen and oxygen atoms in total. The standard InChI is InChI=1S/C23H22N2O9.C19H22N2O9.C15H17NO5.C13H17NO5/c1-23(21(26)32-19-9-5-16(6-10-19)24(28)29)14-3-2-4-18(13-15-23)33-22(27)34-20-11-7-17(8-12-20)25(30)31;1-19(17(26)29-20-13(22)5-6-14(20)23)10-3-2-4-12(9-11-19)28-18(27)30-21-15(24)7-8-16(21)25;17-15(20-13-6-4-2-1-3-5-7-13)21-14-10-8-12(9-11-14)16(18)19;15-11-8-9-12(16)14(11)19-13(17)18-10-6-4-2-1-3-5-7-10/h2,4-12,18H,3,13-15H2,1H3;2,4,12H,3,5-11H2,1H3;4,6,8-11,13H,1-3,5,7H2;4,6,10H,1-3,5,7-9H2/b2*4-2+;2*6-4+. The van der Waals surface area contributed by atoms with Crippen molar-refractivity contribution in [3.05, 3.63) is 152 Å². The highest BCUT2D eigenvalue weighted by molar-refractivity contribution is 6.03. The first-order valence-electron chi connectivity index (χ1n) is 33.6.